The van der Waals surface area contributed by atoms with Gasteiger partial charge in [-0.25, -0.2) is 0 Å². The molecular formula is C15H16B4. The Hall–Kier alpha value is -1.04. The Bertz CT molecular complexity index is 513. The van der Waals surface area contributed by atoms with Crippen LogP contribution in [0.5, 0.6) is 0 Å². The van der Waals surface area contributed by atoms with Crippen LogP contribution in [0.3, 0.4) is 0 Å². The van der Waals surface area contributed by atoms with E-state index < -0.39 is 0 Å². The van der Waals surface area contributed by atoms with Crippen molar-refractivity contribution in [3.63, 3.8) is 0 Å². The number of rotatable bonds is 4. The van der Waals surface area contributed by atoms with E-state index in [1.165, 1.54) is 0 Å². The average molecular weight is 240 g/mol. The summed E-state index contributed by atoms with van der Waals surface area (Å²) in [7, 11) is 23.7. The number of allylic oxidation sites excluding steroid dienone is 4. The van der Waals surface area contributed by atoms with Crippen LogP contribution in [0.2, 0.25) is 12.1 Å². The van der Waals surface area contributed by atoms with Crippen LogP contribution in [0, 0.1) is 6.92 Å². The molecule has 0 aliphatic rings. The summed E-state index contributed by atoms with van der Waals surface area (Å²) in [6.07, 6.45) is 0.230. The van der Waals surface area contributed by atoms with E-state index in [0.717, 1.165) is 22.3 Å². The van der Waals surface area contributed by atoms with Gasteiger partial charge in [0.2, 0.25) is 0 Å². The minimum Gasteiger partial charge on any atom is -0.132 e. The van der Waals surface area contributed by atoms with Crippen molar-refractivity contribution in [2.24, 2.45) is 0 Å². The molecule has 0 fully saturated rings. The summed E-state index contributed by atoms with van der Waals surface area (Å²) >= 11 is 0. The Kier molecular flexibility index (Phi) is 5.84. The smallest absolute Gasteiger partial charge is 0.113 e. The number of hydrogen-bond acceptors (Lipinski definition) is 0. The lowest BCUT2D eigenvalue weighted by atomic mass is 9.67. The maximum absolute atomic E-state index is 6.17. The van der Waals surface area contributed by atoms with Gasteiger partial charge in [0.15, 0.2) is 0 Å². The molecule has 0 N–H and O–H groups in total. The Morgan fingerprint density at radius 2 is 1.79 bits per heavy atom. The van der Waals surface area contributed by atoms with Crippen molar-refractivity contribution in [3.05, 3.63) is 51.9 Å². The van der Waals surface area contributed by atoms with E-state index in [9.17, 15) is 0 Å². The monoisotopic (exact) mass is 240 g/mol. The molecule has 0 nitrogen and oxygen atoms in total. The van der Waals surface area contributed by atoms with Crippen molar-refractivity contribution in [3.8, 4) is 0 Å². The predicted octanol–water partition coefficient (Wildman–Crippen LogP) is 2.88. The Morgan fingerprint density at radius 1 is 1.21 bits per heavy atom. The molecule has 1 aromatic rings. The molecule has 0 aliphatic carbocycles. The highest BCUT2D eigenvalue weighted by Gasteiger charge is 2.13. The highest BCUT2D eigenvalue weighted by molar-refractivity contribution is 6.40. The van der Waals surface area contributed by atoms with Gasteiger partial charge in [0.05, 0.1) is 15.7 Å². The van der Waals surface area contributed by atoms with Gasteiger partial charge in [-0.15, -0.1) is 10.9 Å². The van der Waals surface area contributed by atoms with Crippen molar-refractivity contribution in [1.29, 1.82) is 0 Å². The average Bonchev–Trinajstić information content (AvgIpc) is 2.39. The molecule has 8 radical (unpaired) electrons. The molecule has 0 spiro atoms. The SMILES string of the molecule is [B]C/C([B])=C([B])\C(=C(\C)C([B])C)c1ccccc1C. The van der Waals surface area contributed by atoms with Gasteiger partial charge in [-0.1, -0.05) is 48.9 Å². The van der Waals surface area contributed by atoms with E-state index in [1.807, 2.05) is 45.0 Å². The summed E-state index contributed by atoms with van der Waals surface area (Å²) in [6, 6.07) is 8.02. The van der Waals surface area contributed by atoms with Crippen molar-refractivity contribution in [2.75, 3.05) is 0 Å². The quantitative estimate of drug-likeness (QED) is 0.560. The largest absolute Gasteiger partial charge is 0.132 e. The van der Waals surface area contributed by atoms with E-state index >= 15 is 0 Å². The lowest BCUT2D eigenvalue weighted by Crippen LogP contribution is -2.03. The predicted molar refractivity (Wildman–Crippen MR) is 88.0 cm³/mol. The molecule has 0 aliphatic heterocycles. The van der Waals surface area contributed by atoms with Crippen LogP contribution in [0.25, 0.3) is 5.57 Å². The third kappa shape index (κ3) is 3.72. The summed E-state index contributed by atoms with van der Waals surface area (Å²) in [5, 5.41) is 0. The fourth-order valence-corrected chi connectivity index (χ4v) is 1.92. The highest BCUT2D eigenvalue weighted by atomic mass is 14.1. The molecule has 19 heavy (non-hydrogen) atoms. The molecule has 0 saturated heterocycles. The van der Waals surface area contributed by atoms with Crippen molar-refractivity contribution >= 4 is 37.0 Å². The Balaban J connectivity index is 3.56. The molecule has 0 heterocycles. The van der Waals surface area contributed by atoms with Gasteiger partial charge in [-0.2, -0.15) is 0 Å². The van der Waals surface area contributed by atoms with E-state index in [-0.39, 0.29) is 12.1 Å². The first-order chi connectivity index (χ1) is 8.90. The van der Waals surface area contributed by atoms with Crippen LogP contribution in [0.1, 0.15) is 25.0 Å². The van der Waals surface area contributed by atoms with Gasteiger partial charge in [-0.05, 0) is 30.5 Å². The first kappa shape index (κ1) is 16.0. The highest BCUT2D eigenvalue weighted by Crippen LogP contribution is 2.33. The lowest BCUT2D eigenvalue weighted by Gasteiger charge is -2.21. The summed E-state index contributed by atoms with van der Waals surface area (Å²) in [6.45, 7) is 5.94. The van der Waals surface area contributed by atoms with Crippen LogP contribution >= 0.6 is 0 Å². The second-order valence-corrected chi connectivity index (χ2v) is 4.80. The molecule has 1 atom stereocenters. The van der Waals surface area contributed by atoms with Gasteiger partial charge in [0.25, 0.3) is 0 Å². The molecule has 1 unspecified atom stereocenters. The van der Waals surface area contributed by atoms with Crippen LogP contribution in [-0.2, 0) is 0 Å². The van der Waals surface area contributed by atoms with Gasteiger partial charge >= 0.3 is 0 Å². The molecule has 0 bridgehead atoms. The number of hydrogen-bond donors (Lipinski definition) is 0. The van der Waals surface area contributed by atoms with E-state index in [0.29, 0.717) is 10.9 Å². The molecule has 88 valence electrons. The standard InChI is InChI=1S/C15H16B4/c1-9-6-4-5-7-12(9)14(10(2)11(3)17)15(19)13(18)8-16/h4-7,11H,8H2,1-3H3/b14-10-,15-13-. The molecule has 1 aromatic carbocycles. The number of benzene rings is 1. The molecule has 0 aromatic heterocycles. The Morgan fingerprint density at radius 3 is 2.26 bits per heavy atom. The fraction of sp³-hybridized carbons (Fsp3) is 0.333. The lowest BCUT2D eigenvalue weighted by molar-refractivity contribution is 1.09. The minimum atomic E-state index is -0.0984. The summed E-state index contributed by atoms with van der Waals surface area (Å²) < 4.78 is 0. The van der Waals surface area contributed by atoms with E-state index in [4.69, 9.17) is 31.4 Å². The summed E-state index contributed by atoms with van der Waals surface area (Å²) in [4.78, 5) is 0. The van der Waals surface area contributed by atoms with Gasteiger partial charge in [0.1, 0.15) is 15.7 Å². The first-order valence-corrected chi connectivity index (χ1v) is 6.37. The second kappa shape index (κ2) is 6.93. The topological polar surface area (TPSA) is 0 Å². The maximum Gasteiger partial charge on any atom is 0.113 e. The molecule has 0 amide bonds. The van der Waals surface area contributed by atoms with Crippen LogP contribution < -0.4 is 0 Å². The first-order valence-electron chi connectivity index (χ1n) is 6.37. The molecule has 1 rings (SSSR count). The third-order valence-electron chi connectivity index (χ3n) is 3.33. The second-order valence-electron chi connectivity index (χ2n) is 4.80. The van der Waals surface area contributed by atoms with Crippen LogP contribution in [0.15, 0.2) is 40.8 Å². The van der Waals surface area contributed by atoms with E-state index in [2.05, 4.69) is 0 Å². The van der Waals surface area contributed by atoms with Crippen molar-refractivity contribution in [1.82, 2.24) is 0 Å². The van der Waals surface area contributed by atoms with Crippen LogP contribution in [-0.4, -0.2) is 31.4 Å². The van der Waals surface area contributed by atoms with E-state index in [1.54, 1.807) is 0 Å². The zero-order chi connectivity index (χ0) is 14.6. The van der Waals surface area contributed by atoms with Gasteiger partial charge in [0, 0.05) is 0 Å². The Labute approximate surface area is 122 Å². The molecule has 0 saturated carbocycles. The summed E-state index contributed by atoms with van der Waals surface area (Å²) in [5.74, 6) is -0.0984. The molecule has 4 heteroatoms. The van der Waals surface area contributed by atoms with Crippen molar-refractivity contribution < 1.29 is 0 Å². The zero-order valence-electron chi connectivity index (χ0n) is 11.9. The third-order valence-corrected chi connectivity index (χ3v) is 3.33. The van der Waals surface area contributed by atoms with Crippen molar-refractivity contribution in [2.45, 2.75) is 32.9 Å². The normalized spacial score (nSPS) is 15.5. The number of aryl methyl sites for hydroxylation is 1. The van der Waals surface area contributed by atoms with Gasteiger partial charge in [-0.3, -0.25) is 0 Å². The summed E-state index contributed by atoms with van der Waals surface area (Å²) in [5.41, 5.74) is 5.08. The van der Waals surface area contributed by atoms with Gasteiger partial charge < -0.3 is 0 Å². The fourth-order valence-electron chi connectivity index (χ4n) is 1.92. The molecular weight excluding hydrogens is 223 g/mol. The zero-order valence-corrected chi connectivity index (χ0v) is 11.9. The minimum absolute atomic E-state index is 0.0984. The van der Waals surface area contributed by atoms with Crippen LogP contribution in [0.4, 0.5) is 0 Å². The maximum atomic E-state index is 6.17.